The van der Waals surface area contributed by atoms with Gasteiger partial charge < -0.3 is 9.84 Å². The molecule has 1 atom stereocenters. The van der Waals surface area contributed by atoms with E-state index in [1.54, 1.807) is 45.0 Å². The van der Waals surface area contributed by atoms with Gasteiger partial charge in [-0.3, -0.25) is 5.32 Å². The molecule has 1 unspecified atom stereocenters. The minimum absolute atomic E-state index is 0.0347. The lowest BCUT2D eigenvalue weighted by molar-refractivity contribution is 0.0635. The van der Waals surface area contributed by atoms with Gasteiger partial charge >= 0.3 is 6.09 Å². The first-order chi connectivity index (χ1) is 8.83. The van der Waals surface area contributed by atoms with E-state index in [4.69, 9.17) is 10.00 Å². The van der Waals surface area contributed by atoms with Crippen LogP contribution in [0.25, 0.3) is 0 Å². The summed E-state index contributed by atoms with van der Waals surface area (Å²) in [5.41, 5.74) is 0.346. The lowest BCUT2D eigenvalue weighted by Crippen LogP contribution is -2.27. The molecule has 1 aromatic carbocycles. The molecule has 0 saturated heterocycles. The summed E-state index contributed by atoms with van der Waals surface area (Å²) in [7, 11) is 0. The van der Waals surface area contributed by atoms with Gasteiger partial charge in [0, 0.05) is 11.3 Å². The monoisotopic (exact) mass is 262 g/mol. The Morgan fingerprint density at radius 3 is 2.68 bits per heavy atom. The number of nitriles is 1. The van der Waals surface area contributed by atoms with Crippen molar-refractivity contribution in [1.29, 1.82) is 5.26 Å². The van der Waals surface area contributed by atoms with Crippen LogP contribution >= 0.6 is 0 Å². The third-order valence-corrected chi connectivity index (χ3v) is 2.24. The molecule has 2 N–H and O–H groups in total. The highest BCUT2D eigenvalue weighted by Crippen LogP contribution is 2.25. The summed E-state index contributed by atoms with van der Waals surface area (Å²) < 4.78 is 5.14. The molecular weight excluding hydrogens is 244 g/mol. The molecule has 102 valence electrons. The molecule has 0 fully saturated rings. The molecule has 0 radical (unpaired) electrons. The van der Waals surface area contributed by atoms with Crippen LogP contribution in [0.15, 0.2) is 24.3 Å². The second kappa shape index (κ2) is 6.21. The maximum atomic E-state index is 11.7. The number of aliphatic hydroxyl groups is 1. The van der Waals surface area contributed by atoms with Crippen molar-refractivity contribution in [3.8, 4) is 6.07 Å². The smallest absolute Gasteiger partial charge is 0.412 e. The fourth-order valence-corrected chi connectivity index (χ4v) is 1.51. The number of amides is 1. The SMILES string of the molecule is CC(C)(C)OC(=O)Nc1ccccc1C(O)CC#N. The van der Waals surface area contributed by atoms with Gasteiger partial charge in [0.05, 0.1) is 18.6 Å². The van der Waals surface area contributed by atoms with E-state index in [0.717, 1.165) is 0 Å². The summed E-state index contributed by atoms with van der Waals surface area (Å²) in [6.07, 6.45) is -1.56. The molecular formula is C14H18N2O3. The van der Waals surface area contributed by atoms with Gasteiger partial charge in [-0.25, -0.2) is 4.79 Å². The summed E-state index contributed by atoms with van der Waals surface area (Å²) >= 11 is 0. The van der Waals surface area contributed by atoms with Crippen LogP contribution in [0.4, 0.5) is 10.5 Å². The van der Waals surface area contributed by atoms with E-state index in [0.29, 0.717) is 11.3 Å². The van der Waals surface area contributed by atoms with E-state index in [1.165, 1.54) is 0 Å². The lowest BCUT2D eigenvalue weighted by Gasteiger charge is -2.21. The third-order valence-electron chi connectivity index (χ3n) is 2.24. The highest BCUT2D eigenvalue weighted by molar-refractivity contribution is 5.86. The third kappa shape index (κ3) is 4.98. The van der Waals surface area contributed by atoms with Gasteiger partial charge in [-0.1, -0.05) is 18.2 Å². The number of anilines is 1. The van der Waals surface area contributed by atoms with Gasteiger partial charge in [-0.15, -0.1) is 0 Å². The first-order valence-electron chi connectivity index (χ1n) is 5.97. The van der Waals surface area contributed by atoms with Crippen LogP contribution in [0.5, 0.6) is 0 Å². The molecule has 0 bridgehead atoms. The van der Waals surface area contributed by atoms with Crippen LogP contribution < -0.4 is 5.32 Å². The van der Waals surface area contributed by atoms with Crippen molar-refractivity contribution < 1.29 is 14.6 Å². The summed E-state index contributed by atoms with van der Waals surface area (Å²) in [5, 5.41) is 21.0. The molecule has 5 heteroatoms. The average Bonchev–Trinajstić information content (AvgIpc) is 2.27. The van der Waals surface area contributed by atoms with Crippen molar-refractivity contribution in [3.05, 3.63) is 29.8 Å². The second-order valence-corrected chi connectivity index (χ2v) is 5.09. The number of hydrogen-bond donors (Lipinski definition) is 2. The zero-order chi connectivity index (χ0) is 14.5. The van der Waals surface area contributed by atoms with Crippen LogP contribution in [-0.4, -0.2) is 16.8 Å². The topological polar surface area (TPSA) is 82.3 Å². The normalized spacial score (nSPS) is 12.4. The van der Waals surface area contributed by atoms with E-state index in [1.807, 2.05) is 6.07 Å². The molecule has 19 heavy (non-hydrogen) atoms. The van der Waals surface area contributed by atoms with E-state index in [-0.39, 0.29) is 6.42 Å². The minimum Gasteiger partial charge on any atom is -0.444 e. The van der Waals surface area contributed by atoms with Crippen molar-refractivity contribution in [2.24, 2.45) is 0 Å². The predicted molar refractivity (Wildman–Crippen MR) is 71.5 cm³/mol. The van der Waals surface area contributed by atoms with E-state index < -0.39 is 17.8 Å². The number of nitrogens with zero attached hydrogens (tertiary/aromatic N) is 1. The Hall–Kier alpha value is -2.06. The number of carbonyl (C=O) groups excluding carboxylic acids is 1. The number of carbonyl (C=O) groups is 1. The number of rotatable bonds is 3. The van der Waals surface area contributed by atoms with Gasteiger partial charge in [0.2, 0.25) is 0 Å². The maximum absolute atomic E-state index is 11.7. The summed E-state index contributed by atoms with van der Waals surface area (Å²) in [6.45, 7) is 5.30. The molecule has 0 heterocycles. The zero-order valence-electron chi connectivity index (χ0n) is 11.3. The van der Waals surface area contributed by atoms with E-state index in [9.17, 15) is 9.90 Å². The fraction of sp³-hybridized carbons (Fsp3) is 0.429. The van der Waals surface area contributed by atoms with Crippen molar-refractivity contribution in [3.63, 3.8) is 0 Å². The number of hydrogen-bond acceptors (Lipinski definition) is 4. The fourth-order valence-electron chi connectivity index (χ4n) is 1.51. The maximum Gasteiger partial charge on any atom is 0.412 e. The first kappa shape index (κ1) is 15.0. The first-order valence-corrected chi connectivity index (χ1v) is 5.97. The Kier molecular flexibility index (Phi) is 4.90. The van der Waals surface area contributed by atoms with Gasteiger partial charge in [0.15, 0.2) is 0 Å². The Morgan fingerprint density at radius 2 is 2.11 bits per heavy atom. The van der Waals surface area contributed by atoms with Crippen molar-refractivity contribution >= 4 is 11.8 Å². The number of benzene rings is 1. The minimum atomic E-state index is -0.934. The van der Waals surface area contributed by atoms with Crippen LogP contribution in [0, 0.1) is 11.3 Å². The predicted octanol–water partition coefficient (Wildman–Crippen LogP) is 2.98. The molecule has 5 nitrogen and oxygen atoms in total. The summed E-state index contributed by atoms with van der Waals surface area (Å²) in [5.74, 6) is 0. The molecule has 1 rings (SSSR count). The van der Waals surface area contributed by atoms with E-state index in [2.05, 4.69) is 5.32 Å². The van der Waals surface area contributed by atoms with E-state index >= 15 is 0 Å². The lowest BCUT2D eigenvalue weighted by atomic mass is 10.1. The second-order valence-electron chi connectivity index (χ2n) is 5.09. The van der Waals surface area contributed by atoms with Gasteiger partial charge in [-0.2, -0.15) is 5.26 Å². The molecule has 0 spiro atoms. The largest absolute Gasteiger partial charge is 0.444 e. The Balaban J connectivity index is 2.84. The van der Waals surface area contributed by atoms with Gasteiger partial charge in [0.1, 0.15) is 5.60 Å². The Bertz CT molecular complexity index is 486. The van der Waals surface area contributed by atoms with Crippen molar-refractivity contribution in [1.82, 2.24) is 0 Å². The van der Waals surface area contributed by atoms with Gasteiger partial charge in [-0.05, 0) is 26.8 Å². The summed E-state index contributed by atoms with van der Waals surface area (Å²) in [4.78, 5) is 11.7. The number of nitrogens with one attached hydrogen (secondary N) is 1. The molecule has 0 aliphatic heterocycles. The highest BCUT2D eigenvalue weighted by atomic mass is 16.6. The van der Waals surface area contributed by atoms with Crippen LogP contribution in [0.2, 0.25) is 0 Å². The average molecular weight is 262 g/mol. The van der Waals surface area contributed by atoms with Crippen LogP contribution in [0.1, 0.15) is 38.9 Å². The molecule has 0 aliphatic carbocycles. The molecule has 1 amide bonds. The summed E-state index contributed by atoms with van der Waals surface area (Å²) in [6, 6.07) is 8.67. The van der Waals surface area contributed by atoms with Crippen LogP contribution in [0.3, 0.4) is 0 Å². The van der Waals surface area contributed by atoms with Crippen molar-refractivity contribution in [2.75, 3.05) is 5.32 Å². The molecule has 0 aromatic heterocycles. The van der Waals surface area contributed by atoms with Crippen LogP contribution in [-0.2, 0) is 4.74 Å². The Morgan fingerprint density at radius 1 is 1.47 bits per heavy atom. The molecule has 0 saturated carbocycles. The highest BCUT2D eigenvalue weighted by Gasteiger charge is 2.18. The number of ether oxygens (including phenoxy) is 1. The Labute approximate surface area is 112 Å². The number of para-hydroxylation sites is 1. The van der Waals surface area contributed by atoms with Crippen molar-refractivity contribution in [2.45, 2.75) is 38.9 Å². The zero-order valence-corrected chi connectivity index (χ0v) is 11.3. The standard InChI is InChI=1S/C14H18N2O3/c1-14(2,3)19-13(18)16-11-7-5-4-6-10(11)12(17)8-9-15/h4-7,12,17H,8H2,1-3H3,(H,16,18). The molecule has 1 aromatic rings. The molecule has 0 aliphatic rings. The quantitative estimate of drug-likeness (QED) is 0.877. The number of aliphatic hydroxyl groups excluding tert-OH is 1. The van der Waals surface area contributed by atoms with Gasteiger partial charge in [0.25, 0.3) is 0 Å².